The van der Waals surface area contributed by atoms with Crippen LogP contribution in [0.4, 0.5) is 0 Å². The predicted molar refractivity (Wildman–Crippen MR) is 142 cm³/mol. The number of fused-ring (bicyclic) bond motifs is 1. The molecule has 4 aliphatic rings. The van der Waals surface area contributed by atoms with Gasteiger partial charge in [-0.2, -0.15) is 0 Å². The zero-order chi connectivity index (χ0) is 24.8. The molecule has 0 amide bonds. The topological polar surface area (TPSA) is 60.8 Å². The Kier molecular flexibility index (Phi) is 7.08. The van der Waals surface area contributed by atoms with E-state index in [0.29, 0.717) is 17.9 Å². The summed E-state index contributed by atoms with van der Waals surface area (Å²) in [7, 11) is -2.01. The molecule has 1 atom stereocenters. The number of aliphatic hydroxyl groups is 1. The molecule has 35 heavy (non-hydrogen) atoms. The fourth-order valence-corrected chi connectivity index (χ4v) is 7.66. The van der Waals surface area contributed by atoms with Gasteiger partial charge in [0, 0.05) is 36.0 Å². The van der Waals surface area contributed by atoms with E-state index in [1.165, 1.54) is 41.7 Å². The van der Waals surface area contributed by atoms with E-state index >= 15 is 0 Å². The van der Waals surface area contributed by atoms with E-state index in [2.05, 4.69) is 39.9 Å². The fourth-order valence-electron chi connectivity index (χ4n) is 6.39. The smallest absolute Gasteiger partial charge is 0.192 e. The van der Waals surface area contributed by atoms with Crippen molar-refractivity contribution in [3.8, 4) is 0 Å². The molecule has 0 bridgehead atoms. The Morgan fingerprint density at radius 2 is 1.89 bits per heavy atom. The lowest BCUT2D eigenvalue weighted by molar-refractivity contribution is 0.0294. The number of hydrogen-bond donors (Lipinski definition) is 1. The van der Waals surface area contributed by atoms with Gasteiger partial charge in [0.2, 0.25) is 0 Å². The third kappa shape index (κ3) is 4.82. The third-order valence-electron chi connectivity index (χ3n) is 9.64. The number of ether oxygens (including phenoxy) is 2. The van der Waals surface area contributed by atoms with Crippen molar-refractivity contribution in [3.05, 3.63) is 34.2 Å². The van der Waals surface area contributed by atoms with Gasteiger partial charge in [0.15, 0.2) is 8.32 Å². The zero-order valence-electron chi connectivity index (χ0n) is 22.5. The first-order valence-electron chi connectivity index (χ1n) is 13.8. The Morgan fingerprint density at radius 3 is 2.46 bits per heavy atom. The van der Waals surface area contributed by atoms with Gasteiger partial charge < -0.3 is 19.0 Å². The summed E-state index contributed by atoms with van der Waals surface area (Å²) in [5.74, 6) is 0.356. The number of aromatic nitrogens is 1. The van der Waals surface area contributed by atoms with Crippen molar-refractivity contribution in [1.29, 1.82) is 0 Å². The van der Waals surface area contributed by atoms with Gasteiger partial charge in [0.1, 0.15) is 0 Å². The van der Waals surface area contributed by atoms with E-state index in [-0.39, 0.29) is 17.7 Å². The highest BCUT2D eigenvalue weighted by molar-refractivity contribution is 6.74. The van der Waals surface area contributed by atoms with Gasteiger partial charge in [-0.05, 0) is 79.6 Å². The van der Waals surface area contributed by atoms with Crippen LogP contribution in [0, 0.1) is 5.41 Å². The van der Waals surface area contributed by atoms with Gasteiger partial charge in [-0.1, -0.05) is 33.3 Å². The van der Waals surface area contributed by atoms with Gasteiger partial charge in [-0.3, -0.25) is 4.98 Å². The summed E-state index contributed by atoms with van der Waals surface area (Å²) < 4.78 is 18.6. The molecule has 1 saturated heterocycles. The lowest BCUT2D eigenvalue weighted by Crippen LogP contribution is -2.46. The van der Waals surface area contributed by atoms with Gasteiger partial charge in [0.05, 0.1) is 31.6 Å². The highest BCUT2D eigenvalue weighted by atomic mass is 28.4. The van der Waals surface area contributed by atoms with E-state index in [4.69, 9.17) is 18.9 Å². The molecular formula is C29H45NO4Si. The quantitative estimate of drug-likeness (QED) is 0.472. The van der Waals surface area contributed by atoms with Crippen LogP contribution in [0.2, 0.25) is 18.1 Å². The van der Waals surface area contributed by atoms with Crippen molar-refractivity contribution < 1.29 is 19.0 Å². The van der Waals surface area contributed by atoms with Crippen molar-refractivity contribution in [2.75, 3.05) is 26.4 Å². The highest BCUT2D eigenvalue weighted by Gasteiger charge is 2.49. The normalized spacial score (nSPS) is 25.2. The highest BCUT2D eigenvalue weighted by Crippen LogP contribution is 2.57. The van der Waals surface area contributed by atoms with E-state index in [1.807, 2.05) is 0 Å². The Bertz CT molecular complexity index is 970. The molecule has 0 radical (unpaired) electrons. The van der Waals surface area contributed by atoms with Gasteiger partial charge in [0.25, 0.3) is 0 Å². The van der Waals surface area contributed by atoms with E-state index in [9.17, 15) is 5.11 Å². The minimum atomic E-state index is -2.01. The second-order valence-electron chi connectivity index (χ2n) is 12.9. The molecule has 2 aliphatic heterocycles. The van der Waals surface area contributed by atoms with Crippen LogP contribution in [0.1, 0.15) is 106 Å². The van der Waals surface area contributed by atoms with Gasteiger partial charge in [-0.15, -0.1) is 0 Å². The van der Waals surface area contributed by atoms with Gasteiger partial charge in [-0.25, -0.2) is 0 Å². The molecule has 0 aromatic carbocycles. The molecule has 1 aromatic heterocycles. The van der Waals surface area contributed by atoms with E-state index in [1.54, 1.807) is 0 Å². The van der Waals surface area contributed by atoms with Crippen molar-refractivity contribution in [3.63, 3.8) is 0 Å². The second-order valence-corrected chi connectivity index (χ2v) is 17.7. The Balaban J connectivity index is 1.70. The van der Waals surface area contributed by atoms with Crippen molar-refractivity contribution >= 4 is 13.9 Å². The maximum atomic E-state index is 10.8. The Labute approximate surface area is 212 Å². The molecule has 5 nitrogen and oxygen atoms in total. The van der Waals surface area contributed by atoms with Crippen molar-refractivity contribution in [2.24, 2.45) is 5.41 Å². The summed E-state index contributed by atoms with van der Waals surface area (Å²) in [6, 6.07) is 0. The fraction of sp³-hybridized carbons (Fsp3) is 0.759. The predicted octanol–water partition coefficient (Wildman–Crippen LogP) is 6.45. The SMILES string of the molecule is CC(C)(C)[Si](C)(C)O[C@H]1CC2(CCC2)Cc2nc(C3CCOCC3)c(CO)c(C3=CCOCC3)c21. The number of pyridine rings is 1. The van der Waals surface area contributed by atoms with Crippen LogP contribution < -0.4 is 0 Å². The summed E-state index contributed by atoms with van der Waals surface area (Å²) in [4.78, 5) is 5.44. The van der Waals surface area contributed by atoms with Crippen LogP contribution in [0.5, 0.6) is 0 Å². The van der Waals surface area contributed by atoms with Crippen LogP contribution in [0.3, 0.4) is 0 Å². The summed E-state index contributed by atoms with van der Waals surface area (Å²) >= 11 is 0. The standard InChI is InChI=1S/C29H45NO4Si/c1-28(2,3)35(4,5)34-24-18-29(11-6-12-29)17-23-26(24)25(20-7-13-32-14-8-20)22(19-31)27(30-23)21-9-15-33-16-10-21/h7,21,24,31H,6,8-19H2,1-5H3/t24-/m0/s1. The van der Waals surface area contributed by atoms with Crippen molar-refractivity contribution in [1.82, 2.24) is 4.98 Å². The average Bonchev–Trinajstić information content (AvgIpc) is 2.82. The molecule has 0 unspecified atom stereocenters. The number of rotatable bonds is 5. The first-order chi connectivity index (χ1) is 16.6. The monoisotopic (exact) mass is 499 g/mol. The minimum absolute atomic E-state index is 0.0262. The minimum Gasteiger partial charge on any atom is -0.410 e. The summed E-state index contributed by atoms with van der Waals surface area (Å²) in [6.07, 6.45) is 11.2. The number of aliphatic hydroxyl groups excluding tert-OH is 1. The molecule has 2 aliphatic carbocycles. The third-order valence-corrected chi connectivity index (χ3v) is 14.1. The van der Waals surface area contributed by atoms with Crippen LogP contribution >= 0.6 is 0 Å². The molecule has 1 saturated carbocycles. The van der Waals surface area contributed by atoms with Crippen LogP contribution in [-0.4, -0.2) is 44.8 Å². The molecule has 1 spiro atoms. The average molecular weight is 500 g/mol. The van der Waals surface area contributed by atoms with Crippen LogP contribution in [-0.2, 0) is 26.9 Å². The molecule has 194 valence electrons. The molecule has 2 fully saturated rings. The summed E-state index contributed by atoms with van der Waals surface area (Å²) in [6.45, 7) is 14.7. The van der Waals surface area contributed by atoms with Gasteiger partial charge >= 0.3 is 0 Å². The lowest BCUT2D eigenvalue weighted by atomic mass is 9.59. The van der Waals surface area contributed by atoms with Crippen molar-refractivity contribution in [2.45, 2.75) is 109 Å². The van der Waals surface area contributed by atoms with Crippen LogP contribution in [0.25, 0.3) is 5.57 Å². The number of nitrogens with zero attached hydrogens (tertiary/aromatic N) is 1. The lowest BCUT2D eigenvalue weighted by Gasteiger charge is -2.51. The Morgan fingerprint density at radius 1 is 1.14 bits per heavy atom. The van der Waals surface area contributed by atoms with Crippen LogP contribution in [0.15, 0.2) is 6.08 Å². The Hall–Kier alpha value is -1.05. The molecule has 1 N–H and O–H groups in total. The summed E-state index contributed by atoms with van der Waals surface area (Å²) in [5, 5.41) is 11.0. The maximum absolute atomic E-state index is 10.8. The first kappa shape index (κ1) is 25.6. The molecule has 5 rings (SSSR count). The maximum Gasteiger partial charge on any atom is 0.192 e. The number of hydrogen-bond acceptors (Lipinski definition) is 5. The largest absolute Gasteiger partial charge is 0.410 e. The first-order valence-corrected chi connectivity index (χ1v) is 16.7. The zero-order valence-corrected chi connectivity index (χ0v) is 23.5. The van der Waals surface area contributed by atoms with E-state index in [0.717, 1.165) is 63.2 Å². The molecule has 1 aromatic rings. The summed E-state index contributed by atoms with van der Waals surface area (Å²) in [5.41, 5.74) is 7.61. The molecule has 3 heterocycles. The molecule has 6 heteroatoms. The molecular weight excluding hydrogens is 454 g/mol. The second kappa shape index (κ2) is 9.68. The van der Waals surface area contributed by atoms with E-state index < -0.39 is 8.32 Å².